The Morgan fingerprint density at radius 1 is 1.28 bits per heavy atom. The van der Waals surface area contributed by atoms with Crippen molar-refractivity contribution >= 4 is 10.0 Å². The lowest BCUT2D eigenvalue weighted by Crippen LogP contribution is -2.27. The van der Waals surface area contributed by atoms with Gasteiger partial charge in [0, 0.05) is 6.54 Å². The summed E-state index contributed by atoms with van der Waals surface area (Å²) in [5, 5.41) is 8.69. The van der Waals surface area contributed by atoms with Gasteiger partial charge in [0.05, 0.1) is 18.6 Å². The van der Waals surface area contributed by atoms with E-state index in [4.69, 9.17) is 9.84 Å². The molecule has 0 radical (unpaired) electrons. The van der Waals surface area contributed by atoms with Crippen LogP contribution in [0.5, 0.6) is 5.75 Å². The van der Waals surface area contributed by atoms with Gasteiger partial charge in [-0.05, 0) is 43.5 Å². The number of nitrogens with one attached hydrogen (secondary N) is 1. The molecule has 0 aliphatic heterocycles. The highest BCUT2D eigenvalue weighted by Crippen LogP contribution is 2.30. The van der Waals surface area contributed by atoms with E-state index in [1.807, 2.05) is 6.92 Å². The Labute approximate surface area is 108 Å². The van der Waals surface area contributed by atoms with Crippen molar-refractivity contribution in [1.82, 2.24) is 4.72 Å². The summed E-state index contributed by atoms with van der Waals surface area (Å²) in [4.78, 5) is 0.228. The molecule has 6 heteroatoms. The molecule has 0 amide bonds. The fourth-order valence-corrected chi connectivity index (χ4v) is 3.28. The van der Waals surface area contributed by atoms with E-state index in [2.05, 4.69) is 4.72 Å². The van der Waals surface area contributed by atoms with Crippen molar-refractivity contribution in [3.05, 3.63) is 22.8 Å². The third kappa shape index (κ3) is 2.82. The van der Waals surface area contributed by atoms with Crippen LogP contribution in [0, 0.1) is 20.8 Å². The Balaban J connectivity index is 3.35. The molecule has 0 aliphatic rings. The summed E-state index contributed by atoms with van der Waals surface area (Å²) in [5.74, 6) is 0.702. The minimum atomic E-state index is -3.59. The molecule has 5 nitrogen and oxygen atoms in total. The summed E-state index contributed by atoms with van der Waals surface area (Å²) >= 11 is 0. The van der Waals surface area contributed by atoms with Gasteiger partial charge in [-0.1, -0.05) is 0 Å². The molecular weight excluding hydrogens is 254 g/mol. The van der Waals surface area contributed by atoms with Crippen molar-refractivity contribution in [3.8, 4) is 5.75 Å². The number of sulfonamides is 1. The topological polar surface area (TPSA) is 75.6 Å². The minimum Gasteiger partial charge on any atom is -0.496 e. The number of hydrogen-bond donors (Lipinski definition) is 2. The average Bonchev–Trinajstić information content (AvgIpc) is 2.32. The summed E-state index contributed by atoms with van der Waals surface area (Å²) in [7, 11) is -2.03. The summed E-state index contributed by atoms with van der Waals surface area (Å²) in [6.45, 7) is 5.14. The van der Waals surface area contributed by atoms with Gasteiger partial charge in [0.2, 0.25) is 10.0 Å². The SMILES string of the molecule is COc1c(C)cc(S(=O)(=O)NCCO)c(C)c1C. The Morgan fingerprint density at radius 3 is 2.39 bits per heavy atom. The van der Waals surface area contributed by atoms with Crippen LogP contribution in [0.1, 0.15) is 16.7 Å². The summed E-state index contributed by atoms with van der Waals surface area (Å²) in [6.07, 6.45) is 0. The van der Waals surface area contributed by atoms with E-state index in [-0.39, 0.29) is 18.0 Å². The van der Waals surface area contributed by atoms with Crippen LogP contribution in [0.25, 0.3) is 0 Å². The van der Waals surface area contributed by atoms with Gasteiger partial charge in [-0.2, -0.15) is 0 Å². The summed E-state index contributed by atoms with van der Waals surface area (Å²) < 4.78 is 31.7. The second kappa shape index (κ2) is 5.69. The lowest BCUT2D eigenvalue weighted by molar-refractivity contribution is 0.301. The van der Waals surface area contributed by atoms with E-state index in [1.165, 1.54) is 0 Å². The van der Waals surface area contributed by atoms with Crippen LogP contribution in [-0.2, 0) is 10.0 Å². The maximum Gasteiger partial charge on any atom is 0.240 e. The van der Waals surface area contributed by atoms with Gasteiger partial charge in [-0.3, -0.25) is 0 Å². The first kappa shape index (κ1) is 14.9. The molecule has 18 heavy (non-hydrogen) atoms. The highest BCUT2D eigenvalue weighted by molar-refractivity contribution is 7.89. The van der Waals surface area contributed by atoms with Gasteiger partial charge in [-0.25, -0.2) is 13.1 Å². The van der Waals surface area contributed by atoms with E-state index in [0.29, 0.717) is 11.3 Å². The first-order valence-corrected chi connectivity index (χ1v) is 7.08. The zero-order chi connectivity index (χ0) is 13.9. The number of benzene rings is 1. The smallest absolute Gasteiger partial charge is 0.240 e. The van der Waals surface area contributed by atoms with E-state index in [9.17, 15) is 8.42 Å². The predicted octanol–water partition coefficient (Wildman–Crippen LogP) is 0.891. The molecule has 0 saturated heterocycles. The second-order valence-electron chi connectivity index (χ2n) is 4.10. The highest BCUT2D eigenvalue weighted by atomic mass is 32.2. The van der Waals surface area contributed by atoms with Crippen LogP contribution in [-0.4, -0.2) is 33.8 Å². The van der Waals surface area contributed by atoms with Crippen molar-refractivity contribution in [2.45, 2.75) is 25.7 Å². The van der Waals surface area contributed by atoms with Gasteiger partial charge in [0.1, 0.15) is 5.75 Å². The molecule has 0 heterocycles. The third-order valence-electron chi connectivity index (χ3n) is 2.88. The van der Waals surface area contributed by atoms with Crippen LogP contribution in [0.4, 0.5) is 0 Å². The molecule has 0 aliphatic carbocycles. The molecule has 1 aromatic carbocycles. The normalized spacial score (nSPS) is 11.6. The Hall–Kier alpha value is -1.11. The molecule has 0 spiro atoms. The van der Waals surface area contributed by atoms with Crippen LogP contribution in [0.2, 0.25) is 0 Å². The van der Waals surface area contributed by atoms with Crippen molar-refractivity contribution in [3.63, 3.8) is 0 Å². The van der Waals surface area contributed by atoms with Crippen molar-refractivity contribution in [2.24, 2.45) is 0 Å². The van der Waals surface area contributed by atoms with Crippen LogP contribution < -0.4 is 9.46 Å². The second-order valence-corrected chi connectivity index (χ2v) is 5.83. The monoisotopic (exact) mass is 273 g/mol. The van der Waals surface area contributed by atoms with Crippen LogP contribution >= 0.6 is 0 Å². The van der Waals surface area contributed by atoms with Gasteiger partial charge < -0.3 is 9.84 Å². The first-order valence-electron chi connectivity index (χ1n) is 5.60. The maximum absolute atomic E-state index is 12.1. The molecule has 0 unspecified atom stereocenters. The fraction of sp³-hybridized carbons (Fsp3) is 0.500. The molecule has 0 bridgehead atoms. The largest absolute Gasteiger partial charge is 0.496 e. The lowest BCUT2D eigenvalue weighted by Gasteiger charge is -2.16. The molecule has 0 atom stereocenters. The molecular formula is C12H19NO4S. The van der Waals surface area contributed by atoms with Crippen molar-refractivity contribution in [1.29, 1.82) is 0 Å². The molecule has 0 saturated carbocycles. The van der Waals surface area contributed by atoms with Gasteiger partial charge in [0.15, 0.2) is 0 Å². The molecule has 2 N–H and O–H groups in total. The molecule has 0 aromatic heterocycles. The van der Waals surface area contributed by atoms with Gasteiger partial charge in [-0.15, -0.1) is 0 Å². The fourth-order valence-electron chi connectivity index (χ4n) is 1.87. The Kier molecular flexibility index (Phi) is 4.72. The zero-order valence-electron chi connectivity index (χ0n) is 11.1. The van der Waals surface area contributed by atoms with Crippen LogP contribution in [0.3, 0.4) is 0 Å². The van der Waals surface area contributed by atoms with Crippen molar-refractivity contribution < 1.29 is 18.3 Å². The number of methoxy groups -OCH3 is 1. The third-order valence-corrected chi connectivity index (χ3v) is 4.46. The maximum atomic E-state index is 12.1. The van der Waals surface area contributed by atoms with Crippen LogP contribution in [0.15, 0.2) is 11.0 Å². The summed E-state index contributed by atoms with van der Waals surface area (Å²) in [6, 6.07) is 1.58. The molecule has 102 valence electrons. The minimum absolute atomic E-state index is 0.00585. The van der Waals surface area contributed by atoms with E-state index in [1.54, 1.807) is 27.0 Å². The van der Waals surface area contributed by atoms with E-state index in [0.717, 1.165) is 11.1 Å². The predicted molar refractivity (Wildman–Crippen MR) is 69.5 cm³/mol. The quantitative estimate of drug-likeness (QED) is 0.835. The van der Waals surface area contributed by atoms with Gasteiger partial charge in [0.25, 0.3) is 0 Å². The lowest BCUT2D eigenvalue weighted by atomic mass is 10.1. The number of aliphatic hydroxyl groups excluding tert-OH is 1. The first-order chi connectivity index (χ1) is 8.35. The number of aliphatic hydroxyl groups is 1. The Bertz CT molecular complexity index is 537. The van der Waals surface area contributed by atoms with Gasteiger partial charge >= 0.3 is 0 Å². The Morgan fingerprint density at radius 2 is 1.89 bits per heavy atom. The average molecular weight is 273 g/mol. The van der Waals surface area contributed by atoms with Crippen molar-refractivity contribution in [2.75, 3.05) is 20.3 Å². The zero-order valence-corrected chi connectivity index (χ0v) is 11.9. The number of hydrogen-bond acceptors (Lipinski definition) is 4. The number of rotatable bonds is 5. The number of ether oxygens (including phenoxy) is 1. The number of aryl methyl sites for hydroxylation is 1. The molecule has 0 fully saturated rings. The van der Waals surface area contributed by atoms with E-state index >= 15 is 0 Å². The molecule has 1 aromatic rings. The highest BCUT2D eigenvalue weighted by Gasteiger charge is 2.20. The molecule has 1 rings (SSSR count). The van der Waals surface area contributed by atoms with E-state index < -0.39 is 10.0 Å². The summed E-state index contributed by atoms with van der Waals surface area (Å²) in [5.41, 5.74) is 2.23. The standard InChI is InChI=1S/C12H19NO4S/c1-8-7-11(18(15,16)13-5-6-14)9(2)10(3)12(8)17-4/h7,13-14H,5-6H2,1-4H3.